The molecule has 4 rings (SSSR count). The second kappa shape index (κ2) is 8.63. The van der Waals surface area contributed by atoms with E-state index in [2.05, 4.69) is 0 Å². The molecule has 1 aliphatic rings. The van der Waals surface area contributed by atoms with E-state index in [0.29, 0.717) is 48.1 Å². The van der Waals surface area contributed by atoms with Crippen molar-refractivity contribution in [3.05, 3.63) is 83.1 Å². The van der Waals surface area contributed by atoms with Crippen molar-refractivity contribution in [1.82, 2.24) is 14.4 Å². The third-order valence-electron chi connectivity index (χ3n) is 5.26. The Kier molecular flexibility index (Phi) is 5.77. The van der Waals surface area contributed by atoms with Crippen LogP contribution in [-0.4, -0.2) is 59.5 Å². The Bertz CT molecular complexity index is 1040. The van der Waals surface area contributed by atoms with E-state index in [1.807, 2.05) is 53.4 Å². The molecule has 1 aliphatic heterocycles. The van der Waals surface area contributed by atoms with E-state index in [4.69, 9.17) is 16.3 Å². The molecule has 1 saturated heterocycles. The molecule has 0 radical (unpaired) electrons. The Balaban J connectivity index is 1.40. The minimum absolute atomic E-state index is 0.0264. The van der Waals surface area contributed by atoms with Crippen LogP contribution >= 0.6 is 11.6 Å². The molecule has 7 heteroatoms. The summed E-state index contributed by atoms with van der Waals surface area (Å²) in [5.74, 6) is 0.324. The van der Waals surface area contributed by atoms with Crippen LogP contribution < -0.4 is 4.74 Å². The van der Waals surface area contributed by atoms with Crippen molar-refractivity contribution < 1.29 is 14.3 Å². The molecule has 30 heavy (non-hydrogen) atoms. The van der Waals surface area contributed by atoms with E-state index in [9.17, 15) is 9.59 Å². The summed E-state index contributed by atoms with van der Waals surface area (Å²) in [7, 11) is 1.53. The van der Waals surface area contributed by atoms with Crippen LogP contribution in [0.5, 0.6) is 5.75 Å². The number of rotatable bonds is 4. The van der Waals surface area contributed by atoms with Crippen LogP contribution in [0.15, 0.2) is 67.0 Å². The first-order valence-corrected chi connectivity index (χ1v) is 10.1. The van der Waals surface area contributed by atoms with Crippen molar-refractivity contribution in [2.24, 2.45) is 0 Å². The number of carbonyl (C=O) groups is 2. The number of halogens is 1. The van der Waals surface area contributed by atoms with Gasteiger partial charge in [0.1, 0.15) is 5.75 Å². The van der Waals surface area contributed by atoms with Crippen LogP contribution in [0.25, 0.3) is 5.69 Å². The lowest BCUT2D eigenvalue weighted by Crippen LogP contribution is -2.50. The van der Waals surface area contributed by atoms with Gasteiger partial charge >= 0.3 is 0 Å². The third-order valence-corrected chi connectivity index (χ3v) is 5.50. The number of piperazine rings is 1. The number of methoxy groups -OCH3 is 1. The fourth-order valence-corrected chi connectivity index (χ4v) is 3.77. The highest BCUT2D eigenvalue weighted by Crippen LogP contribution is 2.24. The van der Waals surface area contributed by atoms with Crippen LogP contribution in [0.3, 0.4) is 0 Å². The minimum Gasteiger partial charge on any atom is -0.496 e. The van der Waals surface area contributed by atoms with Crippen LogP contribution in [0.1, 0.15) is 20.7 Å². The maximum absolute atomic E-state index is 12.9. The third kappa shape index (κ3) is 4.04. The number of hydrogen-bond donors (Lipinski definition) is 0. The maximum atomic E-state index is 12.9. The molecule has 0 bridgehead atoms. The molecule has 1 fully saturated rings. The van der Waals surface area contributed by atoms with Gasteiger partial charge in [-0.1, -0.05) is 11.6 Å². The summed E-state index contributed by atoms with van der Waals surface area (Å²) in [5, 5.41) is 0.483. The van der Waals surface area contributed by atoms with Crippen molar-refractivity contribution in [2.75, 3.05) is 33.3 Å². The topological polar surface area (TPSA) is 54.8 Å². The van der Waals surface area contributed by atoms with Gasteiger partial charge in [0.25, 0.3) is 11.8 Å². The van der Waals surface area contributed by atoms with Crippen LogP contribution in [0.4, 0.5) is 0 Å². The van der Waals surface area contributed by atoms with Crippen molar-refractivity contribution in [3.8, 4) is 11.4 Å². The van der Waals surface area contributed by atoms with Crippen molar-refractivity contribution in [1.29, 1.82) is 0 Å². The number of ether oxygens (including phenoxy) is 1. The predicted molar refractivity (Wildman–Crippen MR) is 116 cm³/mol. The first-order chi connectivity index (χ1) is 14.6. The number of carbonyl (C=O) groups excluding carboxylic acids is 2. The fourth-order valence-electron chi connectivity index (χ4n) is 3.60. The fraction of sp³-hybridized carbons (Fsp3) is 0.217. The summed E-state index contributed by atoms with van der Waals surface area (Å²) < 4.78 is 7.28. The first-order valence-electron chi connectivity index (χ1n) is 9.72. The highest BCUT2D eigenvalue weighted by molar-refractivity contribution is 6.31. The van der Waals surface area contributed by atoms with E-state index in [1.165, 1.54) is 7.11 Å². The van der Waals surface area contributed by atoms with E-state index >= 15 is 0 Å². The lowest BCUT2D eigenvalue weighted by Gasteiger charge is -2.35. The summed E-state index contributed by atoms with van der Waals surface area (Å²) in [6, 6.07) is 16.4. The first kappa shape index (κ1) is 20.0. The molecule has 3 aromatic rings. The van der Waals surface area contributed by atoms with E-state index in [0.717, 1.165) is 5.69 Å². The molecule has 154 valence electrons. The average molecular weight is 424 g/mol. The Morgan fingerprint density at radius 3 is 2.07 bits per heavy atom. The molecule has 0 spiro atoms. The van der Waals surface area contributed by atoms with Crippen molar-refractivity contribution >= 4 is 23.4 Å². The summed E-state index contributed by atoms with van der Waals surface area (Å²) in [6.45, 7) is 1.88. The van der Waals surface area contributed by atoms with Gasteiger partial charge in [-0.05, 0) is 54.6 Å². The summed E-state index contributed by atoms with van der Waals surface area (Å²) in [6.07, 6.45) is 3.92. The van der Waals surface area contributed by atoms with Gasteiger partial charge in [0.2, 0.25) is 0 Å². The molecule has 0 aliphatic carbocycles. The second-order valence-corrected chi connectivity index (χ2v) is 7.50. The molecule has 2 aromatic carbocycles. The van der Waals surface area contributed by atoms with Crippen molar-refractivity contribution in [2.45, 2.75) is 0 Å². The van der Waals surface area contributed by atoms with Gasteiger partial charge in [-0.2, -0.15) is 0 Å². The van der Waals surface area contributed by atoms with Gasteiger partial charge in [-0.25, -0.2) is 0 Å². The second-order valence-electron chi connectivity index (χ2n) is 7.07. The molecule has 0 unspecified atom stereocenters. The molecular weight excluding hydrogens is 402 g/mol. The Labute approximate surface area is 180 Å². The summed E-state index contributed by atoms with van der Waals surface area (Å²) >= 11 is 6.05. The Hall–Kier alpha value is -3.25. The summed E-state index contributed by atoms with van der Waals surface area (Å²) in [5.41, 5.74) is 2.08. The monoisotopic (exact) mass is 423 g/mol. The minimum atomic E-state index is -0.141. The molecule has 2 amide bonds. The summed E-state index contributed by atoms with van der Waals surface area (Å²) in [4.78, 5) is 29.3. The smallest absolute Gasteiger partial charge is 0.257 e. The Morgan fingerprint density at radius 2 is 1.47 bits per heavy atom. The number of amides is 2. The van der Waals surface area contributed by atoms with E-state index in [-0.39, 0.29) is 11.8 Å². The standard InChI is InChI=1S/C23H22ClN3O3/c1-30-21-9-6-18(24)16-20(21)23(29)27-14-12-26(13-15-27)22(28)17-4-7-19(8-5-17)25-10-2-3-11-25/h2-11,16H,12-15H2,1H3. The van der Waals surface area contributed by atoms with Gasteiger partial charge in [0.15, 0.2) is 0 Å². The van der Waals surface area contributed by atoms with Gasteiger partial charge in [0, 0.05) is 54.8 Å². The van der Waals surface area contributed by atoms with Gasteiger partial charge < -0.3 is 19.1 Å². The van der Waals surface area contributed by atoms with Crippen LogP contribution in [0, 0.1) is 0 Å². The number of benzene rings is 2. The van der Waals surface area contributed by atoms with E-state index < -0.39 is 0 Å². The van der Waals surface area contributed by atoms with Gasteiger partial charge in [-0.15, -0.1) is 0 Å². The quantitative estimate of drug-likeness (QED) is 0.642. The number of aromatic nitrogens is 1. The number of nitrogens with zero attached hydrogens (tertiary/aromatic N) is 3. The lowest BCUT2D eigenvalue weighted by atomic mass is 10.1. The van der Waals surface area contributed by atoms with Crippen LogP contribution in [-0.2, 0) is 0 Å². The van der Waals surface area contributed by atoms with Gasteiger partial charge in [-0.3, -0.25) is 9.59 Å². The molecule has 0 atom stereocenters. The highest BCUT2D eigenvalue weighted by Gasteiger charge is 2.27. The molecule has 0 saturated carbocycles. The molecule has 6 nitrogen and oxygen atoms in total. The van der Waals surface area contributed by atoms with E-state index in [1.54, 1.807) is 28.0 Å². The molecule has 1 aromatic heterocycles. The molecular formula is C23H22ClN3O3. The van der Waals surface area contributed by atoms with Crippen molar-refractivity contribution in [3.63, 3.8) is 0 Å². The largest absolute Gasteiger partial charge is 0.496 e. The zero-order valence-corrected chi connectivity index (χ0v) is 17.4. The zero-order chi connectivity index (χ0) is 21.1. The zero-order valence-electron chi connectivity index (χ0n) is 16.6. The maximum Gasteiger partial charge on any atom is 0.257 e. The average Bonchev–Trinajstić information content (AvgIpc) is 3.33. The number of hydrogen-bond acceptors (Lipinski definition) is 3. The highest BCUT2D eigenvalue weighted by atomic mass is 35.5. The Morgan fingerprint density at radius 1 is 0.867 bits per heavy atom. The SMILES string of the molecule is COc1ccc(Cl)cc1C(=O)N1CCN(C(=O)c2ccc(-n3cccc3)cc2)CC1. The molecule has 2 heterocycles. The molecule has 0 N–H and O–H groups in total. The lowest BCUT2D eigenvalue weighted by molar-refractivity contribution is 0.0533. The predicted octanol–water partition coefficient (Wildman–Crippen LogP) is 3.74. The van der Waals surface area contributed by atoms with Crippen LogP contribution in [0.2, 0.25) is 5.02 Å². The normalized spacial score (nSPS) is 13.9. The van der Waals surface area contributed by atoms with Gasteiger partial charge in [0.05, 0.1) is 12.7 Å².